The van der Waals surface area contributed by atoms with Gasteiger partial charge in [-0.05, 0) is 144 Å². The van der Waals surface area contributed by atoms with E-state index in [1.165, 1.54) is 67.6 Å². The zero-order valence-corrected chi connectivity index (χ0v) is 58.7. The lowest BCUT2D eigenvalue weighted by molar-refractivity contribution is -0.114. The van der Waals surface area contributed by atoms with Crippen molar-refractivity contribution in [3.8, 4) is 36.4 Å². The summed E-state index contributed by atoms with van der Waals surface area (Å²) in [6.45, 7) is 26.2. The fraction of sp³-hybridized carbons (Fsp3) is 0.481. The zero-order chi connectivity index (χ0) is 63.0. The number of unbranched alkanes of at least 4 members (excludes halogenated alkanes) is 11. The van der Waals surface area contributed by atoms with Crippen LogP contribution in [-0.4, -0.2) is 30.9 Å². The summed E-state index contributed by atoms with van der Waals surface area (Å²) in [6.07, 6.45) is 23.5. The van der Waals surface area contributed by atoms with Crippen molar-refractivity contribution in [2.24, 2.45) is 11.8 Å². The molecule has 472 valence electrons. The summed E-state index contributed by atoms with van der Waals surface area (Å²) in [6, 6.07) is 36.4. The molecule has 2 amide bonds. The van der Waals surface area contributed by atoms with Gasteiger partial charge in [0.1, 0.15) is 5.75 Å². The van der Waals surface area contributed by atoms with Crippen LogP contribution in [0.3, 0.4) is 0 Å². The number of rotatable bonds is 30. The van der Waals surface area contributed by atoms with Crippen molar-refractivity contribution in [1.29, 1.82) is 0 Å². The van der Waals surface area contributed by atoms with E-state index in [9.17, 15) is 4.79 Å². The number of para-hydroxylation sites is 1. The first-order chi connectivity index (χ1) is 43.0. The van der Waals surface area contributed by atoms with E-state index in [1.54, 1.807) is 11.3 Å². The molecule has 0 fully saturated rings. The van der Waals surface area contributed by atoms with Crippen LogP contribution in [0.4, 0.5) is 11.4 Å². The van der Waals surface area contributed by atoms with Gasteiger partial charge in [-0.2, -0.15) is 0 Å². The molecule has 2 unspecified atom stereocenters. The van der Waals surface area contributed by atoms with Gasteiger partial charge in [0.2, 0.25) is 0 Å². The second-order valence-corrected chi connectivity index (χ2v) is 31.9. The largest absolute Gasteiger partial charge is 0.423 e. The number of hydrogen-bond acceptors (Lipinski definition) is 8. The minimum atomic E-state index is -0.296. The molecule has 6 heterocycles. The Balaban J connectivity index is 1.09. The summed E-state index contributed by atoms with van der Waals surface area (Å²) in [5.41, 5.74) is 8.57. The number of thiophene rings is 4. The maximum absolute atomic E-state index is 16.0. The average Bonchev–Trinajstić information content (AvgIpc) is 1.67. The molecule has 4 aromatic carbocycles. The molecular weight excluding hydrogens is 1170 g/mol. The molecule has 10 rings (SSSR count). The minimum Gasteiger partial charge on any atom is -0.423 e. The van der Waals surface area contributed by atoms with Crippen LogP contribution in [0.2, 0.25) is 0 Å². The summed E-state index contributed by atoms with van der Waals surface area (Å²) in [5, 5.41) is 2.14. The van der Waals surface area contributed by atoms with Crippen LogP contribution < -0.4 is 14.5 Å². The van der Waals surface area contributed by atoms with Crippen molar-refractivity contribution >= 4 is 106 Å². The first-order valence-corrected chi connectivity index (χ1v) is 37.4. The zero-order valence-electron chi connectivity index (χ0n) is 55.4. The quantitative estimate of drug-likeness (QED) is 0.0195. The van der Waals surface area contributed by atoms with Crippen LogP contribution in [-0.2, 0) is 26.8 Å². The number of esters is 1. The Bertz CT molecular complexity index is 3780. The molecule has 10 heteroatoms. The van der Waals surface area contributed by atoms with Gasteiger partial charge in [0.05, 0.1) is 37.5 Å². The topological polar surface area (TPSA) is 66.9 Å². The first-order valence-electron chi connectivity index (χ1n) is 34.1. The fourth-order valence-electron chi connectivity index (χ4n) is 13.4. The van der Waals surface area contributed by atoms with Crippen molar-refractivity contribution in [1.82, 2.24) is 0 Å². The molecule has 8 aromatic rings. The van der Waals surface area contributed by atoms with Gasteiger partial charge < -0.3 is 14.5 Å². The molecule has 0 spiro atoms. The van der Waals surface area contributed by atoms with Crippen molar-refractivity contribution in [3.63, 3.8) is 0 Å². The van der Waals surface area contributed by atoms with Gasteiger partial charge in [0.15, 0.2) is 0 Å². The monoisotopic (exact) mass is 1270 g/mol. The van der Waals surface area contributed by atoms with E-state index in [0.29, 0.717) is 47.4 Å². The van der Waals surface area contributed by atoms with Gasteiger partial charge in [-0.15, -0.1) is 45.3 Å². The molecule has 6 nitrogen and oxygen atoms in total. The Morgan fingerprint density at radius 1 is 0.461 bits per heavy atom. The predicted octanol–water partition coefficient (Wildman–Crippen LogP) is 24.3. The Kier molecular flexibility index (Phi) is 22.2. The Morgan fingerprint density at radius 3 is 1.48 bits per heavy atom. The highest BCUT2D eigenvalue weighted by Gasteiger charge is 2.44. The number of ether oxygens (including phenoxy) is 1. The second kappa shape index (κ2) is 29.7. The van der Waals surface area contributed by atoms with Gasteiger partial charge in [0, 0.05) is 58.9 Å². The second-order valence-electron chi connectivity index (χ2n) is 27.7. The summed E-state index contributed by atoms with van der Waals surface area (Å²) >= 11 is 7.27. The van der Waals surface area contributed by atoms with Gasteiger partial charge in [0.25, 0.3) is 11.8 Å². The van der Waals surface area contributed by atoms with Crippen molar-refractivity contribution in [2.45, 2.75) is 222 Å². The van der Waals surface area contributed by atoms with Crippen LogP contribution in [0.1, 0.15) is 241 Å². The van der Waals surface area contributed by atoms with E-state index in [-0.39, 0.29) is 28.6 Å². The molecule has 0 aliphatic carbocycles. The normalized spacial score (nSPS) is 15.1. The Labute approximate surface area is 549 Å². The number of amides is 2. The highest BCUT2D eigenvalue weighted by atomic mass is 32.1. The molecule has 0 saturated heterocycles. The van der Waals surface area contributed by atoms with Crippen molar-refractivity contribution in [2.75, 3.05) is 22.9 Å². The number of carbonyl (C=O) groups excluding carboxylic acids is 3. The highest BCUT2D eigenvalue weighted by molar-refractivity contribution is 7.31. The third-order valence-corrected chi connectivity index (χ3v) is 24.3. The summed E-state index contributed by atoms with van der Waals surface area (Å²) in [5.74, 6) is 0.867. The lowest BCUT2D eigenvalue weighted by Crippen LogP contribution is -2.34. The molecule has 2 atom stereocenters. The van der Waals surface area contributed by atoms with Gasteiger partial charge >= 0.3 is 5.97 Å². The SMILES string of the molecule is CCCCCCc1c(C(=O)Oc2ccccc2)c2cc(C(C)(C)C)sc2c2sc(-c3ccc(-c4ccc5c(c4)N(CC(CCCC)CCCCCC)C(=O)C5=C4C(=O)N(CC(CCCC)CCCCCC)c5cc(-c6ccc(C(C)(C)C)s6)ccc54)s3)cc12. The van der Waals surface area contributed by atoms with Gasteiger partial charge in [-0.1, -0.05) is 215 Å². The lowest BCUT2D eigenvalue weighted by atomic mass is 9.91. The van der Waals surface area contributed by atoms with E-state index in [1.807, 2.05) is 64.3 Å². The molecule has 0 radical (unpaired) electrons. The van der Waals surface area contributed by atoms with Crippen LogP contribution in [0, 0.1) is 11.8 Å². The Morgan fingerprint density at radius 2 is 0.955 bits per heavy atom. The summed E-state index contributed by atoms with van der Waals surface area (Å²) in [7, 11) is 0. The van der Waals surface area contributed by atoms with Crippen LogP contribution >= 0.6 is 45.3 Å². The molecule has 0 bridgehead atoms. The molecule has 0 saturated carbocycles. The number of anilines is 2. The number of nitrogens with zero attached hydrogens (tertiary/aromatic N) is 2. The van der Waals surface area contributed by atoms with E-state index >= 15 is 9.59 Å². The lowest BCUT2D eigenvalue weighted by Gasteiger charge is -2.25. The van der Waals surface area contributed by atoms with Crippen LogP contribution in [0.5, 0.6) is 5.75 Å². The highest BCUT2D eigenvalue weighted by Crippen LogP contribution is 2.52. The third-order valence-electron chi connectivity index (χ3n) is 18.5. The molecule has 4 aromatic heterocycles. The minimum absolute atomic E-state index is 0.0291. The van der Waals surface area contributed by atoms with Crippen LogP contribution in [0.15, 0.2) is 103 Å². The summed E-state index contributed by atoms with van der Waals surface area (Å²) in [4.78, 5) is 58.0. The maximum Gasteiger partial charge on any atom is 0.344 e. The van der Waals surface area contributed by atoms with Crippen molar-refractivity contribution < 1.29 is 19.1 Å². The third kappa shape index (κ3) is 15.0. The van der Waals surface area contributed by atoms with E-state index in [0.717, 1.165) is 156 Å². The maximum atomic E-state index is 16.0. The van der Waals surface area contributed by atoms with E-state index < -0.39 is 0 Å². The number of benzene rings is 4. The number of fused-ring (bicyclic) bond motifs is 5. The number of aryl methyl sites for hydroxylation is 1. The first kappa shape index (κ1) is 66.3. The van der Waals surface area contributed by atoms with E-state index in [2.05, 4.69) is 159 Å². The van der Waals surface area contributed by atoms with Gasteiger partial charge in [-0.25, -0.2) is 4.79 Å². The molecule has 89 heavy (non-hydrogen) atoms. The smallest absolute Gasteiger partial charge is 0.344 e. The predicted molar refractivity (Wildman–Crippen MR) is 387 cm³/mol. The molecule has 2 aliphatic rings. The standard InChI is InChI=1S/C79H98N2O4S4/c1-12-17-22-26-33-52(31-20-15-4)50-80-62-46-54(64-42-43-66(86-64)67-48-60-57(37-30-24-19-14-3)70(77(84)85-56-35-28-25-29-36-56)61-49-69(79(9,10)11)89-74(61)73(60)88-67)38-40-58(62)71(75(80)82)72-59-41-39-55(65-44-45-68(87-65)78(6,7)8)47-63(59)81(76(72)83)51-53(32-21-16-5)34-27-23-18-13-2/h25,28-29,35-36,38-49,52-53H,12-24,26-27,30-34,37,50-51H2,1-11H3. The number of hydrogen-bond donors (Lipinski definition) is 0. The molecule has 2 aliphatic heterocycles. The number of carbonyl (C=O) groups is 3. The van der Waals surface area contributed by atoms with Crippen molar-refractivity contribution in [3.05, 3.63) is 135 Å². The Hall–Kier alpha value is -5.65. The molecule has 0 N–H and O–H groups in total. The average molecular weight is 1270 g/mol. The van der Waals surface area contributed by atoms with Gasteiger partial charge in [-0.3, -0.25) is 9.59 Å². The fourth-order valence-corrected chi connectivity index (χ4v) is 18.1. The molecular formula is C79H98N2O4S4. The van der Waals surface area contributed by atoms with Crippen LogP contribution in [0.25, 0.3) is 62.0 Å². The van der Waals surface area contributed by atoms with E-state index in [4.69, 9.17) is 4.74 Å². The summed E-state index contributed by atoms with van der Waals surface area (Å²) < 4.78 is 8.61.